The van der Waals surface area contributed by atoms with Crippen molar-refractivity contribution >= 4 is 28.4 Å². The van der Waals surface area contributed by atoms with Gasteiger partial charge in [-0.25, -0.2) is 0 Å². The summed E-state index contributed by atoms with van der Waals surface area (Å²) in [6.07, 6.45) is 2.21. The van der Waals surface area contributed by atoms with Gasteiger partial charge in [0.2, 0.25) is 11.8 Å². The summed E-state index contributed by atoms with van der Waals surface area (Å²) < 4.78 is 0. The lowest BCUT2D eigenvalue weighted by molar-refractivity contribution is -0.124. The normalized spacial score (nSPS) is 20.4. The zero-order chi connectivity index (χ0) is 18.8. The van der Waals surface area contributed by atoms with Crippen molar-refractivity contribution < 1.29 is 9.59 Å². The molecule has 7 heteroatoms. The van der Waals surface area contributed by atoms with Crippen LogP contribution in [0.4, 0.5) is 5.69 Å². The Morgan fingerprint density at radius 1 is 1.26 bits per heavy atom. The molecule has 1 aliphatic carbocycles. The Kier molecular flexibility index (Phi) is 5.05. The van der Waals surface area contributed by atoms with Gasteiger partial charge in [-0.05, 0) is 37.1 Å². The minimum Gasteiger partial charge on any atom is -0.352 e. The molecule has 3 N–H and O–H groups in total. The Labute approximate surface area is 158 Å². The number of nitrogens with zero attached hydrogens (tertiary/aromatic N) is 2. The first kappa shape index (κ1) is 17.9. The number of carbonyl (C=O) groups excluding carboxylic acids is 2. The molecule has 0 bridgehead atoms. The van der Waals surface area contributed by atoms with Crippen LogP contribution in [0.15, 0.2) is 30.3 Å². The first-order valence-electron chi connectivity index (χ1n) is 9.50. The standard InChI is InChI=1S/C20H25N5O2/c1-13(26)22-16-6-7-18-14(10-16)2-3-17(23-18)11-25-9-8-21-19(12-25)20(27)24-15-4-5-15/h2-3,6-7,10,15,19,21H,4-5,8-9,11-12H2,1H3,(H,22,26)(H,24,27)/t19-/m1/s1. The quantitative estimate of drug-likeness (QED) is 0.740. The highest BCUT2D eigenvalue weighted by Crippen LogP contribution is 2.20. The SMILES string of the molecule is CC(=O)Nc1ccc2nc(CN3CCN[C@@H](C(=O)NC4CC4)C3)ccc2c1. The Balaban J connectivity index is 1.41. The molecule has 27 heavy (non-hydrogen) atoms. The average Bonchev–Trinajstić information content (AvgIpc) is 3.45. The van der Waals surface area contributed by atoms with Gasteiger partial charge in [0.25, 0.3) is 0 Å². The molecule has 1 aromatic carbocycles. The minimum atomic E-state index is -0.153. The summed E-state index contributed by atoms with van der Waals surface area (Å²) >= 11 is 0. The summed E-state index contributed by atoms with van der Waals surface area (Å²) in [5, 5.41) is 10.2. The van der Waals surface area contributed by atoms with E-state index in [1.54, 1.807) is 0 Å². The van der Waals surface area contributed by atoms with Gasteiger partial charge in [0.15, 0.2) is 0 Å². The summed E-state index contributed by atoms with van der Waals surface area (Å²) in [5.74, 6) is 0.0251. The number of aromatic nitrogens is 1. The number of carbonyl (C=O) groups is 2. The third-order valence-corrected chi connectivity index (χ3v) is 4.95. The van der Waals surface area contributed by atoms with Gasteiger partial charge >= 0.3 is 0 Å². The molecule has 1 atom stereocenters. The van der Waals surface area contributed by atoms with Crippen molar-refractivity contribution in [3.05, 3.63) is 36.0 Å². The fraction of sp³-hybridized carbons (Fsp3) is 0.450. The lowest BCUT2D eigenvalue weighted by Gasteiger charge is -2.32. The van der Waals surface area contributed by atoms with Crippen LogP contribution in [-0.2, 0) is 16.1 Å². The van der Waals surface area contributed by atoms with E-state index in [0.29, 0.717) is 12.6 Å². The van der Waals surface area contributed by atoms with E-state index in [-0.39, 0.29) is 17.9 Å². The first-order valence-corrected chi connectivity index (χ1v) is 9.50. The van der Waals surface area contributed by atoms with Crippen LogP contribution < -0.4 is 16.0 Å². The van der Waals surface area contributed by atoms with E-state index in [1.807, 2.05) is 30.3 Å². The molecule has 1 saturated heterocycles. The van der Waals surface area contributed by atoms with Crippen LogP contribution in [0.2, 0.25) is 0 Å². The highest BCUT2D eigenvalue weighted by atomic mass is 16.2. The summed E-state index contributed by atoms with van der Waals surface area (Å²) in [7, 11) is 0. The van der Waals surface area contributed by atoms with Gasteiger partial charge in [-0.2, -0.15) is 0 Å². The molecule has 1 aliphatic heterocycles. The van der Waals surface area contributed by atoms with E-state index in [1.165, 1.54) is 6.92 Å². The van der Waals surface area contributed by atoms with E-state index in [2.05, 4.69) is 20.9 Å². The van der Waals surface area contributed by atoms with Gasteiger partial charge in [-0.15, -0.1) is 0 Å². The van der Waals surface area contributed by atoms with Crippen molar-refractivity contribution in [2.75, 3.05) is 25.0 Å². The molecule has 2 amide bonds. The monoisotopic (exact) mass is 367 g/mol. The summed E-state index contributed by atoms with van der Waals surface area (Å²) in [4.78, 5) is 30.5. The first-order chi connectivity index (χ1) is 13.1. The lowest BCUT2D eigenvalue weighted by Crippen LogP contribution is -2.57. The minimum absolute atomic E-state index is 0.0853. The lowest BCUT2D eigenvalue weighted by atomic mass is 10.1. The molecular weight excluding hydrogens is 342 g/mol. The topological polar surface area (TPSA) is 86.4 Å². The van der Waals surface area contributed by atoms with E-state index < -0.39 is 0 Å². The number of fused-ring (bicyclic) bond motifs is 1. The predicted octanol–water partition coefficient (Wildman–Crippen LogP) is 1.25. The van der Waals surface area contributed by atoms with Gasteiger partial charge in [0.1, 0.15) is 0 Å². The highest BCUT2D eigenvalue weighted by Gasteiger charge is 2.30. The number of benzene rings is 1. The maximum atomic E-state index is 12.3. The summed E-state index contributed by atoms with van der Waals surface area (Å²) in [5.41, 5.74) is 2.66. The molecule has 4 rings (SSSR count). The number of nitrogens with one attached hydrogen (secondary N) is 3. The number of hydrogen-bond acceptors (Lipinski definition) is 5. The van der Waals surface area contributed by atoms with Crippen molar-refractivity contribution in [2.24, 2.45) is 0 Å². The maximum absolute atomic E-state index is 12.3. The molecule has 0 unspecified atom stereocenters. The van der Waals surface area contributed by atoms with E-state index in [9.17, 15) is 9.59 Å². The number of pyridine rings is 1. The Morgan fingerprint density at radius 2 is 2.11 bits per heavy atom. The van der Waals surface area contributed by atoms with Crippen molar-refractivity contribution in [3.8, 4) is 0 Å². The number of rotatable bonds is 5. The fourth-order valence-corrected chi connectivity index (χ4v) is 3.43. The molecule has 7 nitrogen and oxygen atoms in total. The number of anilines is 1. The number of piperazine rings is 1. The summed E-state index contributed by atoms with van der Waals surface area (Å²) in [6, 6.07) is 10.00. The second kappa shape index (κ2) is 7.62. The van der Waals surface area contributed by atoms with Gasteiger partial charge in [-0.1, -0.05) is 6.07 Å². The molecule has 0 radical (unpaired) electrons. The van der Waals surface area contributed by atoms with Crippen molar-refractivity contribution in [1.29, 1.82) is 0 Å². The Hall–Kier alpha value is -2.51. The van der Waals surface area contributed by atoms with Crippen molar-refractivity contribution in [1.82, 2.24) is 20.5 Å². The maximum Gasteiger partial charge on any atom is 0.238 e. The van der Waals surface area contributed by atoms with Crippen LogP contribution in [0.5, 0.6) is 0 Å². The van der Waals surface area contributed by atoms with Gasteiger partial charge in [0, 0.05) is 50.2 Å². The second-order valence-corrected chi connectivity index (χ2v) is 7.42. The zero-order valence-corrected chi connectivity index (χ0v) is 15.5. The van der Waals surface area contributed by atoms with Crippen LogP contribution in [-0.4, -0.2) is 53.4 Å². The number of hydrogen-bond donors (Lipinski definition) is 3. The molecule has 0 spiro atoms. The fourth-order valence-electron chi connectivity index (χ4n) is 3.43. The second-order valence-electron chi connectivity index (χ2n) is 7.42. The Morgan fingerprint density at radius 3 is 2.89 bits per heavy atom. The molecule has 2 aliphatic rings. The molecule has 1 saturated carbocycles. The van der Waals surface area contributed by atoms with Gasteiger partial charge in [0.05, 0.1) is 17.3 Å². The third-order valence-electron chi connectivity index (χ3n) is 4.95. The smallest absolute Gasteiger partial charge is 0.238 e. The largest absolute Gasteiger partial charge is 0.352 e. The van der Waals surface area contributed by atoms with E-state index in [0.717, 1.165) is 54.8 Å². The van der Waals surface area contributed by atoms with E-state index >= 15 is 0 Å². The number of amides is 2. The Bertz CT molecular complexity index is 865. The van der Waals surface area contributed by atoms with E-state index in [4.69, 9.17) is 4.98 Å². The molecule has 2 aromatic rings. The summed E-state index contributed by atoms with van der Waals surface area (Å²) in [6.45, 7) is 4.61. The van der Waals surface area contributed by atoms with Gasteiger partial charge in [-0.3, -0.25) is 19.5 Å². The zero-order valence-electron chi connectivity index (χ0n) is 15.5. The van der Waals surface area contributed by atoms with Crippen LogP contribution in [0, 0.1) is 0 Å². The van der Waals surface area contributed by atoms with Crippen LogP contribution in [0.3, 0.4) is 0 Å². The van der Waals surface area contributed by atoms with Crippen LogP contribution in [0.25, 0.3) is 10.9 Å². The van der Waals surface area contributed by atoms with Gasteiger partial charge < -0.3 is 16.0 Å². The molecule has 2 heterocycles. The highest BCUT2D eigenvalue weighted by molar-refractivity contribution is 5.92. The van der Waals surface area contributed by atoms with Crippen LogP contribution in [0.1, 0.15) is 25.5 Å². The molecule has 2 fully saturated rings. The van der Waals surface area contributed by atoms with Crippen LogP contribution >= 0.6 is 0 Å². The average molecular weight is 367 g/mol. The third kappa shape index (κ3) is 4.61. The molecule has 1 aromatic heterocycles. The van der Waals surface area contributed by atoms with Crippen molar-refractivity contribution in [2.45, 2.75) is 38.4 Å². The predicted molar refractivity (Wildman–Crippen MR) is 104 cm³/mol. The van der Waals surface area contributed by atoms with Crippen molar-refractivity contribution in [3.63, 3.8) is 0 Å². The molecular formula is C20H25N5O2. The molecule has 142 valence electrons.